The Kier molecular flexibility index (Phi) is 4.36. The van der Waals surface area contributed by atoms with Gasteiger partial charge in [-0.25, -0.2) is 0 Å². The van der Waals surface area contributed by atoms with Crippen LogP contribution in [0, 0.1) is 5.92 Å². The van der Waals surface area contributed by atoms with Crippen LogP contribution in [-0.4, -0.2) is 12.2 Å². The molecular formula is C14H22O2. The van der Waals surface area contributed by atoms with Crippen LogP contribution in [0.1, 0.15) is 39.2 Å². The largest absolute Gasteiger partial charge is 0.497 e. The Morgan fingerprint density at radius 2 is 2.06 bits per heavy atom. The lowest BCUT2D eigenvalue weighted by Crippen LogP contribution is -2.21. The van der Waals surface area contributed by atoms with E-state index < -0.39 is 5.60 Å². The first-order valence-electron chi connectivity index (χ1n) is 5.82. The van der Waals surface area contributed by atoms with Crippen LogP contribution in [-0.2, 0) is 5.60 Å². The molecule has 1 rings (SSSR count). The number of benzene rings is 1. The summed E-state index contributed by atoms with van der Waals surface area (Å²) in [5.74, 6) is 1.40. The van der Waals surface area contributed by atoms with Gasteiger partial charge >= 0.3 is 0 Å². The van der Waals surface area contributed by atoms with Crippen molar-refractivity contribution in [1.82, 2.24) is 0 Å². The van der Waals surface area contributed by atoms with Gasteiger partial charge in [0.1, 0.15) is 5.75 Å². The molecule has 0 amide bonds. The monoisotopic (exact) mass is 222 g/mol. The highest BCUT2D eigenvalue weighted by Gasteiger charge is 2.23. The van der Waals surface area contributed by atoms with Gasteiger partial charge in [0.25, 0.3) is 0 Å². The van der Waals surface area contributed by atoms with Gasteiger partial charge in [-0.1, -0.05) is 26.0 Å². The number of hydrogen-bond donors (Lipinski definition) is 1. The fraction of sp³-hybridized carbons (Fsp3) is 0.571. The van der Waals surface area contributed by atoms with Gasteiger partial charge in [-0.05, 0) is 43.4 Å². The van der Waals surface area contributed by atoms with Crippen molar-refractivity contribution >= 4 is 0 Å². The first kappa shape index (κ1) is 13.0. The van der Waals surface area contributed by atoms with E-state index in [1.807, 2.05) is 31.2 Å². The van der Waals surface area contributed by atoms with E-state index in [4.69, 9.17) is 4.74 Å². The van der Waals surface area contributed by atoms with E-state index in [1.54, 1.807) is 7.11 Å². The number of aliphatic hydroxyl groups is 1. The number of hydrogen-bond acceptors (Lipinski definition) is 2. The van der Waals surface area contributed by atoms with Crippen LogP contribution in [0.5, 0.6) is 5.75 Å². The third-order valence-corrected chi connectivity index (χ3v) is 2.90. The van der Waals surface area contributed by atoms with Crippen LogP contribution < -0.4 is 4.74 Å². The molecule has 0 saturated carbocycles. The molecule has 0 fully saturated rings. The minimum atomic E-state index is -0.765. The summed E-state index contributed by atoms with van der Waals surface area (Å²) >= 11 is 0. The predicted octanol–water partition coefficient (Wildman–Crippen LogP) is 3.34. The van der Waals surface area contributed by atoms with Crippen molar-refractivity contribution < 1.29 is 9.84 Å². The number of methoxy groups -OCH3 is 1. The second-order valence-electron chi connectivity index (χ2n) is 4.94. The highest BCUT2D eigenvalue weighted by Crippen LogP contribution is 2.29. The fourth-order valence-corrected chi connectivity index (χ4v) is 1.67. The Hall–Kier alpha value is -1.02. The Morgan fingerprint density at radius 1 is 1.38 bits per heavy atom. The maximum absolute atomic E-state index is 10.4. The molecule has 1 unspecified atom stereocenters. The van der Waals surface area contributed by atoms with E-state index in [2.05, 4.69) is 13.8 Å². The molecule has 1 aromatic rings. The molecule has 1 aromatic carbocycles. The highest BCUT2D eigenvalue weighted by molar-refractivity contribution is 5.31. The molecule has 0 aliphatic rings. The van der Waals surface area contributed by atoms with E-state index in [1.165, 1.54) is 0 Å². The van der Waals surface area contributed by atoms with Crippen molar-refractivity contribution in [3.63, 3.8) is 0 Å². The Bertz CT molecular complexity index is 329. The van der Waals surface area contributed by atoms with Crippen LogP contribution in [0.25, 0.3) is 0 Å². The van der Waals surface area contributed by atoms with Crippen molar-refractivity contribution in [3.8, 4) is 5.75 Å². The second kappa shape index (κ2) is 5.35. The zero-order valence-corrected chi connectivity index (χ0v) is 10.7. The third kappa shape index (κ3) is 3.53. The van der Waals surface area contributed by atoms with Crippen LogP contribution in [0.4, 0.5) is 0 Å². The number of ether oxygens (including phenoxy) is 1. The van der Waals surface area contributed by atoms with Gasteiger partial charge in [0, 0.05) is 0 Å². The molecule has 0 saturated heterocycles. The molecule has 0 heterocycles. The zero-order valence-electron chi connectivity index (χ0n) is 10.7. The lowest BCUT2D eigenvalue weighted by atomic mass is 9.88. The summed E-state index contributed by atoms with van der Waals surface area (Å²) in [5, 5.41) is 10.4. The van der Waals surface area contributed by atoms with Gasteiger partial charge in [-0.2, -0.15) is 0 Å². The van der Waals surface area contributed by atoms with Gasteiger partial charge in [0.05, 0.1) is 12.7 Å². The molecule has 1 atom stereocenters. The average molecular weight is 222 g/mol. The van der Waals surface area contributed by atoms with Gasteiger partial charge < -0.3 is 9.84 Å². The molecule has 0 aromatic heterocycles. The Morgan fingerprint density at radius 3 is 2.62 bits per heavy atom. The molecule has 16 heavy (non-hydrogen) atoms. The molecular weight excluding hydrogens is 200 g/mol. The van der Waals surface area contributed by atoms with E-state index in [9.17, 15) is 5.11 Å². The summed E-state index contributed by atoms with van der Waals surface area (Å²) in [5.41, 5.74) is 0.159. The van der Waals surface area contributed by atoms with Crippen molar-refractivity contribution in [2.45, 2.75) is 39.2 Å². The van der Waals surface area contributed by atoms with Gasteiger partial charge in [-0.3, -0.25) is 0 Å². The highest BCUT2D eigenvalue weighted by atomic mass is 16.5. The van der Waals surface area contributed by atoms with Crippen LogP contribution in [0.15, 0.2) is 24.3 Å². The minimum Gasteiger partial charge on any atom is -0.497 e. The maximum Gasteiger partial charge on any atom is 0.119 e. The molecule has 90 valence electrons. The first-order chi connectivity index (χ1) is 7.45. The fourth-order valence-electron chi connectivity index (χ4n) is 1.67. The standard InChI is InChI=1S/C14H22O2/c1-11(2)8-9-14(3,15)12-6-5-7-13(10-12)16-4/h5-7,10-11,15H,8-9H2,1-4H3. The van der Waals surface area contributed by atoms with Gasteiger partial charge in [0.2, 0.25) is 0 Å². The Labute approximate surface area is 98.3 Å². The summed E-state index contributed by atoms with van der Waals surface area (Å²) in [6, 6.07) is 7.66. The quantitative estimate of drug-likeness (QED) is 0.828. The summed E-state index contributed by atoms with van der Waals surface area (Å²) in [6.45, 7) is 6.20. The van der Waals surface area contributed by atoms with E-state index in [0.717, 1.165) is 24.2 Å². The van der Waals surface area contributed by atoms with Crippen molar-refractivity contribution in [3.05, 3.63) is 29.8 Å². The molecule has 0 spiro atoms. The van der Waals surface area contributed by atoms with Crippen LogP contribution >= 0.6 is 0 Å². The summed E-state index contributed by atoms with van der Waals surface area (Å²) in [6.07, 6.45) is 1.79. The number of rotatable bonds is 5. The minimum absolute atomic E-state index is 0.608. The zero-order chi connectivity index (χ0) is 12.2. The van der Waals surface area contributed by atoms with E-state index >= 15 is 0 Å². The van der Waals surface area contributed by atoms with Crippen molar-refractivity contribution in [2.75, 3.05) is 7.11 Å². The van der Waals surface area contributed by atoms with Crippen molar-refractivity contribution in [2.24, 2.45) is 5.92 Å². The molecule has 1 N–H and O–H groups in total. The summed E-state index contributed by atoms with van der Waals surface area (Å²) in [4.78, 5) is 0. The topological polar surface area (TPSA) is 29.5 Å². The summed E-state index contributed by atoms with van der Waals surface area (Å²) < 4.78 is 5.16. The maximum atomic E-state index is 10.4. The smallest absolute Gasteiger partial charge is 0.119 e. The van der Waals surface area contributed by atoms with Gasteiger partial charge in [0.15, 0.2) is 0 Å². The molecule has 0 bridgehead atoms. The summed E-state index contributed by atoms with van der Waals surface area (Å²) in [7, 11) is 1.64. The van der Waals surface area contributed by atoms with Crippen LogP contribution in [0.2, 0.25) is 0 Å². The lowest BCUT2D eigenvalue weighted by molar-refractivity contribution is 0.0418. The van der Waals surface area contributed by atoms with E-state index in [0.29, 0.717) is 5.92 Å². The molecule has 0 aliphatic heterocycles. The average Bonchev–Trinajstić information content (AvgIpc) is 2.27. The lowest BCUT2D eigenvalue weighted by Gasteiger charge is -2.25. The van der Waals surface area contributed by atoms with Crippen molar-refractivity contribution in [1.29, 1.82) is 0 Å². The molecule has 2 heteroatoms. The molecule has 0 radical (unpaired) electrons. The molecule has 2 nitrogen and oxygen atoms in total. The third-order valence-electron chi connectivity index (χ3n) is 2.90. The molecule has 0 aliphatic carbocycles. The van der Waals surface area contributed by atoms with E-state index in [-0.39, 0.29) is 0 Å². The van der Waals surface area contributed by atoms with Gasteiger partial charge in [-0.15, -0.1) is 0 Å². The van der Waals surface area contributed by atoms with Crippen LogP contribution in [0.3, 0.4) is 0 Å². The Balaban J connectivity index is 2.79. The SMILES string of the molecule is COc1cccc(C(C)(O)CCC(C)C)c1. The second-order valence-corrected chi connectivity index (χ2v) is 4.94. The predicted molar refractivity (Wildman–Crippen MR) is 66.6 cm³/mol. The first-order valence-corrected chi connectivity index (χ1v) is 5.82. The normalized spacial score (nSPS) is 14.9.